The maximum atomic E-state index is 14.4. The molecule has 0 spiro atoms. The molecule has 11 nitrogen and oxygen atoms in total. The Hall–Kier alpha value is -2.76. The summed E-state index contributed by atoms with van der Waals surface area (Å²) >= 11 is 3.46. The number of nitrogens with zero attached hydrogens (tertiary/aromatic N) is 2. The number of hydrogen-bond donors (Lipinski definition) is 6. The fourth-order valence-corrected chi connectivity index (χ4v) is 6.21. The van der Waals surface area contributed by atoms with Crippen molar-refractivity contribution < 1.29 is 42.8 Å². The molecule has 0 bridgehead atoms. The quantitative estimate of drug-likeness (QED) is 0.236. The van der Waals surface area contributed by atoms with Crippen LogP contribution in [0.3, 0.4) is 0 Å². The molecule has 15 heteroatoms. The molecule has 2 aromatic carbocycles. The van der Waals surface area contributed by atoms with Gasteiger partial charge in [-0.25, -0.2) is 13.2 Å². The number of carbonyl (C=O) groups excluding carboxylic acids is 1. The highest BCUT2D eigenvalue weighted by molar-refractivity contribution is 9.10. The van der Waals surface area contributed by atoms with Crippen LogP contribution in [0, 0.1) is 24.4 Å². The molecule has 7 atom stereocenters. The van der Waals surface area contributed by atoms with E-state index in [2.05, 4.69) is 32.2 Å². The smallest absolute Gasteiger partial charge is 0.259 e. The minimum Gasteiger partial charge on any atom is -0.394 e. The summed E-state index contributed by atoms with van der Waals surface area (Å²) in [7, 11) is 1.33. The van der Waals surface area contributed by atoms with Crippen LogP contribution in [0.2, 0.25) is 0 Å². The number of β-amino-alcohol motifs (C(OH)–C–C–N with tert-alkyl or cyclic N) is 1. The lowest BCUT2D eigenvalue weighted by Gasteiger charge is -2.47. The van der Waals surface area contributed by atoms with Gasteiger partial charge in [-0.1, -0.05) is 15.9 Å². The average molecular weight is 658 g/mol. The first kappa shape index (κ1) is 30.7. The van der Waals surface area contributed by atoms with Gasteiger partial charge in [-0.3, -0.25) is 9.80 Å². The lowest BCUT2D eigenvalue weighted by Crippen LogP contribution is -2.69. The predicted octanol–water partition coefficient (Wildman–Crippen LogP) is 0.668. The molecule has 0 saturated carbocycles. The molecule has 1 unspecified atom stereocenters. The fourth-order valence-electron chi connectivity index (χ4n) is 5.61. The van der Waals surface area contributed by atoms with Crippen molar-refractivity contribution in [1.29, 1.82) is 0 Å². The summed E-state index contributed by atoms with van der Waals surface area (Å²) in [6, 6.07) is 5.26. The normalized spacial score (nSPS) is 29.4. The molecule has 3 aliphatic rings. The number of carbonyl (C=O) groups is 1. The van der Waals surface area contributed by atoms with Crippen LogP contribution in [0.15, 0.2) is 41.0 Å². The Morgan fingerprint density at radius 1 is 1.17 bits per heavy atom. The van der Waals surface area contributed by atoms with Crippen LogP contribution in [0.1, 0.15) is 11.1 Å². The second kappa shape index (κ2) is 12.5. The number of ether oxygens (including phenoxy) is 2. The van der Waals surface area contributed by atoms with Gasteiger partial charge in [-0.05, 0) is 42.8 Å². The lowest BCUT2D eigenvalue weighted by molar-refractivity contribution is -0.218. The Kier molecular flexibility index (Phi) is 9.10. The topological polar surface area (TPSA) is 139 Å². The molecule has 2 fully saturated rings. The van der Waals surface area contributed by atoms with Gasteiger partial charge in [0, 0.05) is 42.1 Å². The first-order valence-electron chi connectivity index (χ1n) is 13.2. The third-order valence-electron chi connectivity index (χ3n) is 7.61. The predicted molar refractivity (Wildman–Crippen MR) is 148 cm³/mol. The van der Waals surface area contributed by atoms with Crippen molar-refractivity contribution in [2.75, 3.05) is 31.7 Å². The number of methoxy groups -OCH3 is 1. The van der Waals surface area contributed by atoms with Crippen molar-refractivity contribution in [3.8, 4) is 0 Å². The highest BCUT2D eigenvalue weighted by Gasteiger charge is 2.53. The molecule has 42 heavy (non-hydrogen) atoms. The van der Waals surface area contributed by atoms with Crippen LogP contribution in [0.4, 0.5) is 18.9 Å². The number of amides is 1. The van der Waals surface area contributed by atoms with Crippen LogP contribution in [-0.4, -0.2) is 95.6 Å². The van der Waals surface area contributed by atoms with E-state index in [9.17, 15) is 33.3 Å². The van der Waals surface area contributed by atoms with Crippen molar-refractivity contribution in [2.45, 2.75) is 49.5 Å². The first-order valence-corrected chi connectivity index (χ1v) is 14.0. The molecule has 5 rings (SSSR count). The van der Waals surface area contributed by atoms with E-state index in [1.165, 1.54) is 23.2 Å². The molecule has 2 aromatic rings. The number of aliphatic hydroxyl groups is 3. The van der Waals surface area contributed by atoms with Gasteiger partial charge in [0.25, 0.3) is 5.91 Å². The third-order valence-corrected chi connectivity index (χ3v) is 8.07. The van der Waals surface area contributed by atoms with Crippen LogP contribution >= 0.6 is 15.9 Å². The Morgan fingerprint density at radius 3 is 2.48 bits per heavy atom. The summed E-state index contributed by atoms with van der Waals surface area (Å²) in [6.45, 7) is 1.78. The fraction of sp³-hybridized carbons (Fsp3) is 0.444. The highest BCUT2D eigenvalue weighted by atomic mass is 79.9. The number of anilines is 1. The summed E-state index contributed by atoms with van der Waals surface area (Å²) in [6.07, 6.45) is -4.67. The standard InChI is InChI=1S/C27H31BrF3N5O6/c1-12-3-14(28)7-15(4-12)36(19-8-32-9-20(19)38)27(40)26-25(41-2)23(24(39)21(11-37)42-26)35-10-18(33-34-35)13-5-16(29)22(31)17(30)6-13/h3-7,10,19-21,23-26,32-34,37-39H,8-9,11H2,1-2H3/t19?,20-,21+,23-,24-,25+,26+/m0/s1. The zero-order chi connectivity index (χ0) is 30.3. The van der Waals surface area contributed by atoms with E-state index in [1.807, 2.05) is 13.0 Å². The average Bonchev–Trinajstić information content (AvgIpc) is 3.60. The van der Waals surface area contributed by atoms with E-state index < -0.39 is 72.6 Å². The molecule has 2 saturated heterocycles. The first-order chi connectivity index (χ1) is 20.0. The van der Waals surface area contributed by atoms with Crippen LogP contribution in [-0.2, 0) is 14.3 Å². The van der Waals surface area contributed by atoms with Gasteiger partial charge in [0.2, 0.25) is 0 Å². The van der Waals surface area contributed by atoms with E-state index in [1.54, 1.807) is 12.1 Å². The highest BCUT2D eigenvalue weighted by Crippen LogP contribution is 2.33. The maximum absolute atomic E-state index is 14.4. The van der Waals surface area contributed by atoms with E-state index in [0.717, 1.165) is 17.7 Å². The second-order valence-corrected chi connectivity index (χ2v) is 11.3. The zero-order valence-electron chi connectivity index (χ0n) is 22.6. The molecule has 1 amide bonds. The monoisotopic (exact) mass is 657 g/mol. The van der Waals surface area contributed by atoms with Gasteiger partial charge in [-0.2, -0.15) is 0 Å². The van der Waals surface area contributed by atoms with Gasteiger partial charge < -0.3 is 40.4 Å². The van der Waals surface area contributed by atoms with Crippen LogP contribution < -0.4 is 21.2 Å². The zero-order valence-corrected chi connectivity index (χ0v) is 24.2. The summed E-state index contributed by atoms with van der Waals surface area (Å²) < 4.78 is 53.7. The molecule has 3 heterocycles. The maximum Gasteiger partial charge on any atom is 0.259 e. The summed E-state index contributed by atoms with van der Waals surface area (Å²) in [5.74, 6) is -4.96. The van der Waals surface area contributed by atoms with E-state index >= 15 is 0 Å². The van der Waals surface area contributed by atoms with Crippen LogP contribution in [0.25, 0.3) is 5.70 Å². The SMILES string of the molecule is CO[C@@H]1[C@@H](N2C=C(c3cc(F)c(F)c(F)c3)NN2)[C@@H](O)[C@@H](CO)O[C@H]1C(=O)N(c1cc(C)cc(Br)c1)C1CNC[C@@H]1O. The Bertz CT molecular complexity index is 1330. The van der Waals surface area contributed by atoms with E-state index in [4.69, 9.17) is 9.47 Å². The Labute approximate surface area is 248 Å². The molecule has 0 aliphatic carbocycles. The number of aliphatic hydroxyl groups excluding tert-OH is 3. The van der Waals surface area contributed by atoms with Gasteiger partial charge in [0.1, 0.15) is 24.4 Å². The minimum atomic E-state index is -1.61. The number of halogens is 4. The van der Waals surface area contributed by atoms with Gasteiger partial charge in [-0.15, -0.1) is 5.53 Å². The van der Waals surface area contributed by atoms with Crippen molar-refractivity contribution in [3.05, 3.63) is 69.6 Å². The molecule has 0 radical (unpaired) electrons. The summed E-state index contributed by atoms with van der Waals surface area (Å²) in [5.41, 5.74) is 6.93. The lowest BCUT2D eigenvalue weighted by atomic mass is 9.90. The van der Waals surface area contributed by atoms with Gasteiger partial charge in [0.05, 0.1) is 24.4 Å². The number of hydrazine groups is 2. The number of rotatable bonds is 7. The van der Waals surface area contributed by atoms with E-state index in [-0.39, 0.29) is 17.8 Å². The minimum absolute atomic E-state index is 0.0258. The Morgan fingerprint density at radius 2 is 1.88 bits per heavy atom. The number of hydrogen-bond acceptors (Lipinski definition) is 10. The molecule has 3 aliphatic heterocycles. The Balaban J connectivity index is 1.51. The van der Waals surface area contributed by atoms with Crippen molar-refractivity contribution >= 4 is 33.2 Å². The van der Waals surface area contributed by atoms with Gasteiger partial charge in [0.15, 0.2) is 23.6 Å². The number of aryl methyl sites for hydroxylation is 1. The summed E-state index contributed by atoms with van der Waals surface area (Å²) in [4.78, 5) is 15.8. The second-order valence-electron chi connectivity index (χ2n) is 10.4. The van der Waals surface area contributed by atoms with Gasteiger partial charge >= 0.3 is 0 Å². The molecule has 0 aromatic heterocycles. The van der Waals surface area contributed by atoms with Crippen molar-refractivity contribution in [3.63, 3.8) is 0 Å². The molecule has 6 N–H and O–H groups in total. The number of nitrogens with one attached hydrogen (secondary N) is 3. The molecule has 228 valence electrons. The summed E-state index contributed by atoms with van der Waals surface area (Å²) in [5, 5.41) is 36.4. The molecular formula is C27H31BrF3N5O6. The van der Waals surface area contributed by atoms with Crippen molar-refractivity contribution in [1.82, 2.24) is 21.3 Å². The number of benzene rings is 2. The van der Waals surface area contributed by atoms with Crippen molar-refractivity contribution in [2.24, 2.45) is 0 Å². The van der Waals surface area contributed by atoms with Crippen LogP contribution in [0.5, 0.6) is 0 Å². The largest absolute Gasteiger partial charge is 0.394 e. The molecular weight excluding hydrogens is 627 g/mol. The third kappa shape index (κ3) is 5.75. The van der Waals surface area contributed by atoms with E-state index in [0.29, 0.717) is 16.7 Å².